The van der Waals surface area contributed by atoms with Crippen LogP contribution in [0, 0.1) is 13.8 Å². The number of benzene rings is 2. The average molecular weight is 435 g/mol. The molecule has 30 heavy (non-hydrogen) atoms. The lowest BCUT2D eigenvalue weighted by atomic mass is 10.1. The van der Waals surface area contributed by atoms with Gasteiger partial charge in [-0.2, -0.15) is 0 Å². The van der Waals surface area contributed by atoms with Gasteiger partial charge in [-0.3, -0.25) is 9.10 Å². The monoisotopic (exact) mass is 434 g/mol. The van der Waals surface area contributed by atoms with Crippen LogP contribution in [0.5, 0.6) is 11.5 Å². The largest absolute Gasteiger partial charge is 0.497 e. The molecule has 0 bridgehead atoms. The summed E-state index contributed by atoms with van der Waals surface area (Å²) in [7, 11) is -1.84. The van der Waals surface area contributed by atoms with E-state index in [9.17, 15) is 13.2 Å². The number of hydrogen-bond donors (Lipinski definition) is 1. The third kappa shape index (κ3) is 7.26. The average Bonchev–Trinajstić information content (AvgIpc) is 2.70. The highest BCUT2D eigenvalue weighted by molar-refractivity contribution is 7.92. The van der Waals surface area contributed by atoms with Gasteiger partial charge in [0.05, 0.1) is 25.6 Å². The first kappa shape index (κ1) is 23.5. The first-order chi connectivity index (χ1) is 14.2. The first-order valence-corrected chi connectivity index (χ1v) is 11.6. The summed E-state index contributed by atoms with van der Waals surface area (Å²) < 4.78 is 36.5. The Bertz CT molecular complexity index is 960. The number of nitrogens with one attached hydrogen (secondary N) is 1. The molecule has 2 aromatic rings. The fraction of sp³-hybridized carbons (Fsp3) is 0.409. The van der Waals surface area contributed by atoms with Crippen LogP contribution in [0.15, 0.2) is 42.5 Å². The van der Waals surface area contributed by atoms with Crippen molar-refractivity contribution in [3.05, 3.63) is 53.6 Å². The molecular formula is C22H30N2O5S. The Balaban J connectivity index is 1.77. The predicted molar refractivity (Wildman–Crippen MR) is 119 cm³/mol. The van der Waals surface area contributed by atoms with Gasteiger partial charge in [0.15, 0.2) is 0 Å². The molecular weight excluding hydrogens is 404 g/mol. The number of methoxy groups -OCH3 is 1. The molecule has 0 unspecified atom stereocenters. The van der Waals surface area contributed by atoms with Crippen molar-refractivity contribution in [1.82, 2.24) is 5.32 Å². The highest BCUT2D eigenvalue weighted by Crippen LogP contribution is 2.22. The molecule has 1 N–H and O–H groups in total. The van der Waals surface area contributed by atoms with E-state index in [1.165, 1.54) is 10.6 Å². The summed E-state index contributed by atoms with van der Waals surface area (Å²) in [4.78, 5) is 12.1. The van der Waals surface area contributed by atoms with E-state index >= 15 is 0 Å². The van der Waals surface area contributed by atoms with E-state index in [2.05, 4.69) is 5.32 Å². The quantitative estimate of drug-likeness (QED) is 0.550. The molecule has 0 heterocycles. The lowest BCUT2D eigenvalue weighted by Crippen LogP contribution is -2.33. The van der Waals surface area contributed by atoms with E-state index < -0.39 is 10.0 Å². The lowest BCUT2D eigenvalue weighted by molar-refractivity contribution is -0.121. The highest BCUT2D eigenvalue weighted by Gasteiger charge is 2.18. The van der Waals surface area contributed by atoms with Gasteiger partial charge in [-0.15, -0.1) is 0 Å². The second-order valence-corrected chi connectivity index (χ2v) is 8.99. The molecule has 0 aliphatic carbocycles. The van der Waals surface area contributed by atoms with E-state index in [4.69, 9.17) is 9.47 Å². The third-order valence-corrected chi connectivity index (χ3v) is 5.87. The summed E-state index contributed by atoms with van der Waals surface area (Å²) in [6.45, 7) is 4.86. The Morgan fingerprint density at radius 3 is 2.47 bits per heavy atom. The number of anilines is 1. The smallest absolute Gasteiger partial charge is 0.232 e. The molecule has 7 nitrogen and oxygen atoms in total. The number of aryl methyl sites for hydroxylation is 2. The van der Waals surface area contributed by atoms with Crippen molar-refractivity contribution in [2.75, 3.05) is 37.4 Å². The molecule has 8 heteroatoms. The Labute approximate surface area is 179 Å². The molecule has 0 aromatic heterocycles. The molecule has 0 aliphatic heterocycles. The minimum absolute atomic E-state index is 0.141. The van der Waals surface area contributed by atoms with Crippen molar-refractivity contribution in [3.63, 3.8) is 0 Å². The Hall–Kier alpha value is -2.74. The van der Waals surface area contributed by atoms with Gasteiger partial charge in [-0.25, -0.2) is 8.42 Å². The Morgan fingerprint density at radius 2 is 1.80 bits per heavy atom. The van der Waals surface area contributed by atoms with Crippen LogP contribution in [-0.4, -0.2) is 47.4 Å². The summed E-state index contributed by atoms with van der Waals surface area (Å²) in [5.74, 6) is 1.23. The molecule has 164 valence electrons. The van der Waals surface area contributed by atoms with Crippen LogP contribution in [0.4, 0.5) is 5.69 Å². The molecule has 0 atom stereocenters. The minimum Gasteiger partial charge on any atom is -0.497 e. The number of nitrogens with zero attached hydrogens (tertiary/aromatic N) is 1. The van der Waals surface area contributed by atoms with Crippen molar-refractivity contribution in [2.24, 2.45) is 0 Å². The standard InChI is InChI=1S/C22H30N2O5S/c1-17-10-11-19(15-18(17)2)24(30(4,26)27)13-6-9-22(25)23-12-14-29-21-8-5-7-20(16-21)28-3/h5,7-8,10-11,15-16H,6,9,12-14H2,1-4H3,(H,23,25). The topological polar surface area (TPSA) is 84.9 Å². The van der Waals surface area contributed by atoms with Crippen LogP contribution in [-0.2, 0) is 14.8 Å². The van der Waals surface area contributed by atoms with Gasteiger partial charge in [0.2, 0.25) is 15.9 Å². The van der Waals surface area contributed by atoms with Gasteiger partial charge in [-0.05, 0) is 55.7 Å². The zero-order valence-electron chi connectivity index (χ0n) is 18.0. The van der Waals surface area contributed by atoms with Crippen LogP contribution < -0.4 is 19.1 Å². The Morgan fingerprint density at radius 1 is 1.07 bits per heavy atom. The summed E-state index contributed by atoms with van der Waals surface area (Å²) in [6, 6.07) is 12.8. The molecule has 0 saturated carbocycles. The number of carbonyl (C=O) groups excluding carboxylic acids is 1. The minimum atomic E-state index is -3.43. The van der Waals surface area contributed by atoms with E-state index in [1.54, 1.807) is 19.2 Å². The highest BCUT2D eigenvalue weighted by atomic mass is 32.2. The number of carbonyl (C=O) groups is 1. The van der Waals surface area contributed by atoms with Crippen LogP contribution >= 0.6 is 0 Å². The van der Waals surface area contributed by atoms with Crippen LogP contribution in [0.1, 0.15) is 24.0 Å². The SMILES string of the molecule is COc1cccc(OCCNC(=O)CCCN(c2ccc(C)c(C)c2)S(C)(=O)=O)c1. The maximum atomic E-state index is 12.2. The normalized spacial score (nSPS) is 11.1. The fourth-order valence-corrected chi connectivity index (χ4v) is 3.85. The van der Waals surface area contributed by atoms with Crippen LogP contribution in [0.2, 0.25) is 0 Å². The molecule has 2 rings (SSSR count). The molecule has 2 aromatic carbocycles. The lowest BCUT2D eigenvalue weighted by Gasteiger charge is -2.23. The van der Waals surface area contributed by atoms with Gasteiger partial charge in [0.25, 0.3) is 0 Å². The predicted octanol–water partition coefficient (Wildman–Crippen LogP) is 3.05. The van der Waals surface area contributed by atoms with Crippen molar-refractivity contribution in [1.29, 1.82) is 0 Å². The Kier molecular flexibility index (Phi) is 8.53. The van der Waals surface area contributed by atoms with E-state index in [1.807, 2.05) is 44.2 Å². The second-order valence-electron chi connectivity index (χ2n) is 7.08. The number of ether oxygens (including phenoxy) is 2. The van der Waals surface area contributed by atoms with Gasteiger partial charge >= 0.3 is 0 Å². The van der Waals surface area contributed by atoms with Gasteiger partial charge in [-0.1, -0.05) is 12.1 Å². The van der Waals surface area contributed by atoms with E-state index in [-0.39, 0.29) is 18.9 Å². The molecule has 0 saturated heterocycles. The number of sulfonamides is 1. The second kappa shape index (κ2) is 10.9. The molecule has 0 spiro atoms. The van der Waals surface area contributed by atoms with Gasteiger partial charge < -0.3 is 14.8 Å². The van der Waals surface area contributed by atoms with Gasteiger partial charge in [0.1, 0.15) is 18.1 Å². The molecule has 0 fully saturated rings. The van der Waals surface area contributed by atoms with Crippen molar-refractivity contribution in [2.45, 2.75) is 26.7 Å². The third-order valence-electron chi connectivity index (χ3n) is 4.68. The maximum absolute atomic E-state index is 12.2. The number of rotatable bonds is 11. The van der Waals surface area contributed by atoms with Crippen LogP contribution in [0.3, 0.4) is 0 Å². The van der Waals surface area contributed by atoms with Crippen molar-refractivity contribution >= 4 is 21.6 Å². The molecule has 0 aliphatic rings. The fourth-order valence-electron chi connectivity index (χ4n) is 2.89. The summed E-state index contributed by atoms with van der Waals surface area (Å²) >= 11 is 0. The van der Waals surface area contributed by atoms with Crippen molar-refractivity contribution < 1.29 is 22.7 Å². The van der Waals surface area contributed by atoms with Crippen LogP contribution in [0.25, 0.3) is 0 Å². The first-order valence-electron chi connectivity index (χ1n) is 9.79. The van der Waals surface area contributed by atoms with E-state index in [0.717, 1.165) is 11.1 Å². The number of amides is 1. The summed E-state index contributed by atoms with van der Waals surface area (Å²) in [6.07, 6.45) is 1.83. The molecule has 1 amide bonds. The maximum Gasteiger partial charge on any atom is 0.232 e. The summed E-state index contributed by atoms with van der Waals surface area (Å²) in [5.41, 5.74) is 2.74. The van der Waals surface area contributed by atoms with E-state index in [0.29, 0.717) is 36.8 Å². The molecule has 0 radical (unpaired) electrons. The van der Waals surface area contributed by atoms with Gasteiger partial charge in [0, 0.05) is 19.0 Å². The zero-order chi connectivity index (χ0) is 22.1. The number of hydrogen-bond acceptors (Lipinski definition) is 5. The van der Waals surface area contributed by atoms with Crippen molar-refractivity contribution in [3.8, 4) is 11.5 Å². The zero-order valence-corrected chi connectivity index (χ0v) is 18.8. The summed E-state index contributed by atoms with van der Waals surface area (Å²) in [5, 5.41) is 2.79.